The van der Waals surface area contributed by atoms with Gasteiger partial charge in [0.05, 0.1) is 12.6 Å². The average Bonchev–Trinajstić information content (AvgIpc) is 3.10. The molecule has 2 aliphatic rings. The van der Waals surface area contributed by atoms with Crippen LogP contribution in [0.15, 0.2) is 0 Å². The van der Waals surface area contributed by atoms with Gasteiger partial charge in [-0.2, -0.15) is 5.10 Å². The third kappa shape index (κ3) is 1.91. The zero-order valence-electron chi connectivity index (χ0n) is 11.1. The molecule has 1 saturated carbocycles. The number of aromatic nitrogens is 3. The Balaban J connectivity index is 1.82. The summed E-state index contributed by atoms with van der Waals surface area (Å²) in [6.07, 6.45) is 3.97. The van der Waals surface area contributed by atoms with Crippen molar-refractivity contribution in [1.82, 2.24) is 19.7 Å². The summed E-state index contributed by atoms with van der Waals surface area (Å²) in [7, 11) is 0. The molecular formula is C13H20N4O. The zero-order chi connectivity index (χ0) is 12.7. The highest BCUT2D eigenvalue weighted by Gasteiger charge is 2.34. The molecule has 1 aromatic heterocycles. The Morgan fingerprint density at radius 1 is 1.39 bits per heavy atom. The molecule has 98 valence electrons. The summed E-state index contributed by atoms with van der Waals surface area (Å²) in [6.45, 7) is 5.65. The van der Waals surface area contributed by atoms with Crippen LogP contribution in [0.5, 0.6) is 0 Å². The average molecular weight is 248 g/mol. The van der Waals surface area contributed by atoms with Gasteiger partial charge in [-0.3, -0.25) is 4.79 Å². The maximum absolute atomic E-state index is 12.0. The van der Waals surface area contributed by atoms with Crippen LogP contribution in [-0.4, -0.2) is 32.1 Å². The number of hydrogen-bond donors (Lipinski definition) is 0. The van der Waals surface area contributed by atoms with Crippen LogP contribution in [0, 0.1) is 0 Å². The Morgan fingerprint density at radius 2 is 2.17 bits per heavy atom. The summed E-state index contributed by atoms with van der Waals surface area (Å²) >= 11 is 0. The molecule has 0 aromatic carbocycles. The molecule has 0 saturated heterocycles. The van der Waals surface area contributed by atoms with Gasteiger partial charge in [0.2, 0.25) is 5.91 Å². The topological polar surface area (TPSA) is 51.0 Å². The summed E-state index contributed by atoms with van der Waals surface area (Å²) in [4.78, 5) is 18.6. The van der Waals surface area contributed by atoms with E-state index in [0.717, 1.165) is 31.2 Å². The fraction of sp³-hybridized carbons (Fsp3) is 0.769. The van der Waals surface area contributed by atoms with E-state index in [2.05, 4.69) is 17.0 Å². The van der Waals surface area contributed by atoms with E-state index >= 15 is 0 Å². The molecule has 1 atom stereocenters. The minimum Gasteiger partial charge on any atom is -0.331 e. The van der Waals surface area contributed by atoms with Crippen molar-refractivity contribution in [3.8, 4) is 0 Å². The standard InChI is InChI=1S/C13H20N4O/c1-3-4-11(18)16-7-8-17-13(9(16)2)14-12(15-17)10-5-6-10/h9-10H,3-8H2,1-2H3/t9-/m1/s1. The first-order chi connectivity index (χ1) is 8.70. The summed E-state index contributed by atoms with van der Waals surface area (Å²) in [5.74, 6) is 2.77. The highest BCUT2D eigenvalue weighted by atomic mass is 16.2. The normalized spacial score (nSPS) is 23.0. The van der Waals surface area contributed by atoms with Crippen molar-refractivity contribution in [3.05, 3.63) is 11.6 Å². The van der Waals surface area contributed by atoms with Crippen LogP contribution in [0.25, 0.3) is 0 Å². The van der Waals surface area contributed by atoms with E-state index in [-0.39, 0.29) is 11.9 Å². The smallest absolute Gasteiger partial charge is 0.223 e. The van der Waals surface area contributed by atoms with Gasteiger partial charge in [0.15, 0.2) is 5.82 Å². The van der Waals surface area contributed by atoms with E-state index < -0.39 is 0 Å². The molecule has 0 bridgehead atoms. The highest BCUT2D eigenvalue weighted by Crippen LogP contribution is 2.39. The van der Waals surface area contributed by atoms with Crippen molar-refractivity contribution in [2.24, 2.45) is 0 Å². The number of carbonyl (C=O) groups excluding carboxylic acids is 1. The molecule has 0 unspecified atom stereocenters. The Morgan fingerprint density at radius 3 is 2.83 bits per heavy atom. The van der Waals surface area contributed by atoms with Crippen molar-refractivity contribution in [2.45, 2.75) is 58.0 Å². The first-order valence-corrected chi connectivity index (χ1v) is 6.94. The molecule has 2 heterocycles. The van der Waals surface area contributed by atoms with E-state index in [4.69, 9.17) is 0 Å². The van der Waals surface area contributed by atoms with Crippen LogP contribution in [0.1, 0.15) is 63.1 Å². The van der Waals surface area contributed by atoms with Crippen molar-refractivity contribution in [3.63, 3.8) is 0 Å². The maximum atomic E-state index is 12.0. The molecule has 1 amide bonds. The minimum atomic E-state index is 0.0674. The van der Waals surface area contributed by atoms with Crippen molar-refractivity contribution < 1.29 is 4.79 Å². The van der Waals surface area contributed by atoms with Gasteiger partial charge in [0, 0.05) is 18.9 Å². The predicted molar refractivity (Wildman–Crippen MR) is 67.0 cm³/mol. The number of nitrogens with zero attached hydrogens (tertiary/aromatic N) is 4. The van der Waals surface area contributed by atoms with E-state index in [0.29, 0.717) is 12.3 Å². The van der Waals surface area contributed by atoms with E-state index in [9.17, 15) is 4.79 Å². The summed E-state index contributed by atoms with van der Waals surface area (Å²) in [6, 6.07) is 0.0674. The summed E-state index contributed by atoms with van der Waals surface area (Å²) in [5, 5.41) is 4.57. The van der Waals surface area contributed by atoms with Gasteiger partial charge in [0.25, 0.3) is 0 Å². The summed E-state index contributed by atoms with van der Waals surface area (Å²) in [5.41, 5.74) is 0. The molecule has 18 heavy (non-hydrogen) atoms. The Bertz CT molecular complexity index is 464. The van der Waals surface area contributed by atoms with Crippen LogP contribution in [0.3, 0.4) is 0 Å². The lowest BCUT2D eigenvalue weighted by Crippen LogP contribution is -2.41. The molecule has 0 N–H and O–H groups in total. The number of hydrogen-bond acceptors (Lipinski definition) is 3. The highest BCUT2D eigenvalue weighted by molar-refractivity contribution is 5.76. The van der Waals surface area contributed by atoms with Crippen molar-refractivity contribution >= 4 is 5.91 Å². The lowest BCUT2D eigenvalue weighted by atomic mass is 10.2. The quantitative estimate of drug-likeness (QED) is 0.820. The third-order valence-corrected chi connectivity index (χ3v) is 3.84. The second-order valence-corrected chi connectivity index (χ2v) is 5.34. The molecular weight excluding hydrogens is 228 g/mol. The van der Waals surface area contributed by atoms with Crippen molar-refractivity contribution in [1.29, 1.82) is 0 Å². The second kappa shape index (κ2) is 4.37. The fourth-order valence-electron chi connectivity index (χ4n) is 2.59. The number of rotatable bonds is 3. The number of carbonyl (C=O) groups is 1. The maximum Gasteiger partial charge on any atom is 0.223 e. The van der Waals surface area contributed by atoms with Gasteiger partial charge < -0.3 is 4.90 Å². The molecule has 0 radical (unpaired) electrons. The zero-order valence-corrected chi connectivity index (χ0v) is 11.1. The molecule has 5 heteroatoms. The number of fused-ring (bicyclic) bond motifs is 1. The molecule has 1 aliphatic heterocycles. The lowest BCUT2D eigenvalue weighted by molar-refractivity contribution is -0.134. The van der Waals surface area contributed by atoms with Crippen LogP contribution >= 0.6 is 0 Å². The van der Waals surface area contributed by atoms with Crippen LogP contribution in [0.4, 0.5) is 0 Å². The van der Waals surface area contributed by atoms with Crippen LogP contribution in [0.2, 0.25) is 0 Å². The molecule has 1 aliphatic carbocycles. The van der Waals surface area contributed by atoms with Gasteiger partial charge >= 0.3 is 0 Å². The van der Waals surface area contributed by atoms with Gasteiger partial charge in [-0.05, 0) is 26.2 Å². The Labute approximate surface area is 107 Å². The van der Waals surface area contributed by atoms with Gasteiger partial charge in [-0.25, -0.2) is 9.67 Å². The monoisotopic (exact) mass is 248 g/mol. The van der Waals surface area contributed by atoms with E-state index in [1.807, 2.05) is 16.5 Å². The fourth-order valence-corrected chi connectivity index (χ4v) is 2.59. The first-order valence-electron chi connectivity index (χ1n) is 6.94. The Kier molecular flexibility index (Phi) is 2.84. The predicted octanol–water partition coefficient (Wildman–Crippen LogP) is 1.86. The molecule has 0 spiro atoms. The SMILES string of the molecule is CCCC(=O)N1CCn2nc(C3CC3)nc2[C@H]1C. The second-order valence-electron chi connectivity index (χ2n) is 5.34. The van der Waals surface area contributed by atoms with Crippen molar-refractivity contribution in [2.75, 3.05) is 6.54 Å². The van der Waals surface area contributed by atoms with Gasteiger partial charge in [0.1, 0.15) is 5.82 Å². The van der Waals surface area contributed by atoms with E-state index in [1.54, 1.807) is 0 Å². The lowest BCUT2D eigenvalue weighted by Gasteiger charge is -2.32. The molecule has 1 fully saturated rings. The van der Waals surface area contributed by atoms with Crippen LogP contribution < -0.4 is 0 Å². The van der Waals surface area contributed by atoms with Gasteiger partial charge in [-0.15, -0.1) is 0 Å². The minimum absolute atomic E-state index is 0.0674. The Hall–Kier alpha value is -1.39. The number of amides is 1. The molecule has 3 rings (SSSR count). The van der Waals surface area contributed by atoms with E-state index in [1.165, 1.54) is 12.8 Å². The summed E-state index contributed by atoms with van der Waals surface area (Å²) < 4.78 is 1.99. The first kappa shape index (κ1) is 11.7. The molecule has 5 nitrogen and oxygen atoms in total. The van der Waals surface area contributed by atoms with Crippen LogP contribution in [-0.2, 0) is 11.3 Å². The van der Waals surface area contributed by atoms with Gasteiger partial charge in [-0.1, -0.05) is 6.92 Å². The molecule has 1 aromatic rings. The largest absolute Gasteiger partial charge is 0.331 e. The third-order valence-electron chi connectivity index (χ3n) is 3.84.